The molecular formula is C13H15N5OS. The van der Waals surface area contributed by atoms with Gasteiger partial charge >= 0.3 is 0 Å². The Morgan fingerprint density at radius 2 is 2.15 bits per heavy atom. The van der Waals surface area contributed by atoms with Crippen molar-refractivity contribution in [3.8, 4) is 0 Å². The largest absolute Gasteiger partial charge is 0.368 e. The lowest BCUT2D eigenvalue weighted by molar-refractivity contribution is -0.120. The van der Waals surface area contributed by atoms with Crippen LogP contribution >= 0.6 is 11.8 Å². The molecule has 20 heavy (non-hydrogen) atoms. The molecule has 4 N–H and O–H groups in total. The number of nitrogens with zero attached hydrogens (tertiary/aromatic N) is 2. The predicted octanol–water partition coefficient (Wildman–Crippen LogP) is 1.50. The minimum atomic E-state index is -0.369. The van der Waals surface area contributed by atoms with E-state index in [-0.39, 0.29) is 17.1 Å². The fraction of sp³-hybridized carbons (Fsp3) is 0.308. The molecular weight excluding hydrogens is 274 g/mol. The number of nitrogens with two attached hydrogens (primary N) is 1. The highest BCUT2D eigenvalue weighted by Crippen LogP contribution is 2.34. The second-order valence-electron chi connectivity index (χ2n) is 4.69. The van der Waals surface area contributed by atoms with E-state index in [9.17, 15) is 4.79 Å². The first-order valence-corrected chi connectivity index (χ1v) is 7.30. The molecule has 104 valence electrons. The lowest BCUT2D eigenvalue weighted by Crippen LogP contribution is -2.29. The monoisotopic (exact) mass is 289 g/mol. The summed E-state index contributed by atoms with van der Waals surface area (Å²) in [7, 11) is 0. The molecule has 0 saturated heterocycles. The number of thioether (sulfide) groups is 1. The maximum absolute atomic E-state index is 12.4. The SMILES string of the molecule is Nc1nc(SC(C(=O)NC2CC2)c2ccccc2)n[nH]1. The Kier molecular flexibility index (Phi) is 3.60. The number of hydrogen-bond donors (Lipinski definition) is 3. The van der Waals surface area contributed by atoms with Gasteiger partial charge in [-0.1, -0.05) is 42.1 Å². The van der Waals surface area contributed by atoms with Crippen LogP contribution in [0, 0.1) is 0 Å². The molecule has 0 radical (unpaired) electrons. The highest BCUT2D eigenvalue weighted by atomic mass is 32.2. The summed E-state index contributed by atoms with van der Waals surface area (Å²) in [5.41, 5.74) is 6.45. The molecule has 1 atom stereocenters. The maximum atomic E-state index is 12.4. The van der Waals surface area contributed by atoms with Gasteiger partial charge in [-0.25, -0.2) is 5.10 Å². The summed E-state index contributed by atoms with van der Waals surface area (Å²) in [6.45, 7) is 0. The molecule has 1 aliphatic carbocycles. The summed E-state index contributed by atoms with van der Waals surface area (Å²) in [4.78, 5) is 16.4. The normalized spacial score (nSPS) is 15.8. The van der Waals surface area contributed by atoms with Crippen LogP contribution in [-0.4, -0.2) is 27.1 Å². The fourth-order valence-electron chi connectivity index (χ4n) is 1.82. The lowest BCUT2D eigenvalue weighted by atomic mass is 10.1. The average Bonchev–Trinajstić information content (AvgIpc) is 3.17. The summed E-state index contributed by atoms with van der Waals surface area (Å²) < 4.78 is 0. The van der Waals surface area contributed by atoms with Crippen molar-refractivity contribution < 1.29 is 4.79 Å². The third-order valence-corrected chi connectivity index (χ3v) is 4.08. The van der Waals surface area contributed by atoms with Crippen molar-refractivity contribution in [1.82, 2.24) is 20.5 Å². The van der Waals surface area contributed by atoms with Crippen LogP contribution in [0.4, 0.5) is 5.95 Å². The van der Waals surface area contributed by atoms with Crippen LogP contribution in [0.15, 0.2) is 35.5 Å². The highest BCUT2D eigenvalue weighted by molar-refractivity contribution is 8.00. The Balaban J connectivity index is 1.80. The van der Waals surface area contributed by atoms with E-state index in [0.717, 1.165) is 18.4 Å². The van der Waals surface area contributed by atoms with E-state index < -0.39 is 0 Å². The number of benzene rings is 1. The fourth-order valence-corrected chi connectivity index (χ4v) is 2.75. The number of carbonyl (C=O) groups excluding carboxylic acids is 1. The molecule has 1 aromatic heterocycles. The van der Waals surface area contributed by atoms with E-state index in [2.05, 4.69) is 20.5 Å². The number of rotatable bonds is 5. The van der Waals surface area contributed by atoms with E-state index in [1.54, 1.807) is 0 Å². The first-order valence-electron chi connectivity index (χ1n) is 6.42. The maximum Gasteiger partial charge on any atom is 0.238 e. The number of carbonyl (C=O) groups is 1. The topological polar surface area (TPSA) is 96.7 Å². The molecule has 6 nitrogen and oxygen atoms in total. The second kappa shape index (κ2) is 5.54. The van der Waals surface area contributed by atoms with Crippen LogP contribution in [0.1, 0.15) is 23.7 Å². The summed E-state index contributed by atoms with van der Waals surface area (Å²) in [6.07, 6.45) is 2.12. The van der Waals surface area contributed by atoms with Crippen LogP contribution in [0.5, 0.6) is 0 Å². The Morgan fingerprint density at radius 3 is 2.75 bits per heavy atom. The minimum absolute atomic E-state index is 0.00734. The molecule has 0 aliphatic heterocycles. The molecule has 0 spiro atoms. The zero-order chi connectivity index (χ0) is 13.9. The number of nitrogen functional groups attached to an aromatic ring is 1. The molecule has 1 aromatic carbocycles. The first-order chi connectivity index (χ1) is 9.72. The van der Waals surface area contributed by atoms with E-state index in [1.165, 1.54) is 11.8 Å². The minimum Gasteiger partial charge on any atom is -0.368 e. The summed E-state index contributed by atoms with van der Waals surface area (Å²) in [6, 6.07) is 9.94. The van der Waals surface area contributed by atoms with E-state index in [0.29, 0.717) is 11.2 Å². The van der Waals surface area contributed by atoms with Gasteiger partial charge in [0.15, 0.2) is 0 Å². The van der Waals surface area contributed by atoms with E-state index in [1.807, 2.05) is 30.3 Å². The Labute approximate surface area is 120 Å². The van der Waals surface area contributed by atoms with Crippen molar-refractivity contribution in [1.29, 1.82) is 0 Å². The van der Waals surface area contributed by atoms with Gasteiger partial charge in [0.2, 0.25) is 17.0 Å². The third-order valence-electron chi connectivity index (χ3n) is 2.97. The van der Waals surface area contributed by atoms with Crippen molar-refractivity contribution >= 4 is 23.6 Å². The Hall–Kier alpha value is -2.02. The van der Waals surface area contributed by atoms with Crippen molar-refractivity contribution in [2.75, 3.05) is 5.73 Å². The lowest BCUT2D eigenvalue weighted by Gasteiger charge is -2.15. The van der Waals surface area contributed by atoms with Gasteiger partial charge in [-0.2, -0.15) is 4.98 Å². The standard InChI is InChI=1S/C13H15N5OS/c14-12-16-13(18-17-12)20-10(8-4-2-1-3-5-8)11(19)15-9-6-7-9/h1-5,9-10H,6-7H2,(H,15,19)(H3,14,16,17,18). The molecule has 2 aromatic rings. The Bertz CT molecular complexity index is 596. The van der Waals surface area contributed by atoms with Crippen LogP contribution in [0.3, 0.4) is 0 Å². The summed E-state index contributed by atoms with van der Waals surface area (Å²) in [5.74, 6) is 0.244. The van der Waals surface area contributed by atoms with Gasteiger partial charge in [0.05, 0.1) is 0 Å². The molecule has 1 fully saturated rings. The van der Waals surface area contributed by atoms with Crippen LogP contribution in [0.25, 0.3) is 0 Å². The zero-order valence-electron chi connectivity index (χ0n) is 10.7. The third kappa shape index (κ3) is 3.11. The van der Waals surface area contributed by atoms with Crippen LogP contribution in [0.2, 0.25) is 0 Å². The smallest absolute Gasteiger partial charge is 0.238 e. The molecule has 7 heteroatoms. The van der Waals surface area contributed by atoms with Crippen molar-refractivity contribution in [3.63, 3.8) is 0 Å². The number of anilines is 1. The molecule has 1 saturated carbocycles. The quantitative estimate of drug-likeness (QED) is 0.725. The van der Waals surface area contributed by atoms with Gasteiger partial charge in [0.25, 0.3) is 0 Å². The van der Waals surface area contributed by atoms with Gasteiger partial charge in [-0.15, -0.1) is 5.10 Å². The predicted molar refractivity (Wildman–Crippen MR) is 77.0 cm³/mol. The van der Waals surface area contributed by atoms with Crippen LogP contribution in [-0.2, 0) is 4.79 Å². The summed E-state index contributed by atoms with van der Waals surface area (Å²) in [5, 5.41) is 9.69. The summed E-state index contributed by atoms with van der Waals surface area (Å²) >= 11 is 1.29. The van der Waals surface area contributed by atoms with Crippen LogP contribution < -0.4 is 11.1 Å². The molecule has 1 heterocycles. The van der Waals surface area contributed by atoms with Gasteiger partial charge in [0, 0.05) is 6.04 Å². The van der Waals surface area contributed by atoms with Gasteiger partial charge in [0.1, 0.15) is 5.25 Å². The zero-order valence-corrected chi connectivity index (χ0v) is 11.6. The molecule has 1 aliphatic rings. The van der Waals surface area contributed by atoms with Crippen molar-refractivity contribution in [2.24, 2.45) is 0 Å². The van der Waals surface area contributed by atoms with Crippen molar-refractivity contribution in [3.05, 3.63) is 35.9 Å². The Morgan fingerprint density at radius 1 is 1.40 bits per heavy atom. The van der Waals surface area contributed by atoms with Gasteiger partial charge < -0.3 is 11.1 Å². The van der Waals surface area contributed by atoms with Crippen molar-refractivity contribution in [2.45, 2.75) is 29.3 Å². The molecule has 3 rings (SSSR count). The number of amides is 1. The number of nitrogens with one attached hydrogen (secondary N) is 2. The first kappa shape index (κ1) is 13.0. The van der Waals surface area contributed by atoms with Gasteiger partial charge in [-0.3, -0.25) is 4.79 Å². The van der Waals surface area contributed by atoms with E-state index in [4.69, 9.17) is 5.73 Å². The second-order valence-corrected chi connectivity index (χ2v) is 5.77. The van der Waals surface area contributed by atoms with Gasteiger partial charge in [-0.05, 0) is 18.4 Å². The highest BCUT2D eigenvalue weighted by Gasteiger charge is 2.29. The van der Waals surface area contributed by atoms with E-state index >= 15 is 0 Å². The molecule has 1 amide bonds. The molecule has 1 unspecified atom stereocenters. The number of aromatic nitrogens is 3. The number of H-pyrrole nitrogens is 1. The number of hydrogen-bond acceptors (Lipinski definition) is 5. The molecule has 0 bridgehead atoms. The number of aromatic amines is 1. The average molecular weight is 289 g/mol.